The van der Waals surface area contributed by atoms with Crippen LogP contribution in [0, 0.1) is 0 Å². The van der Waals surface area contributed by atoms with Gasteiger partial charge in [0.05, 0.1) is 24.7 Å². The second-order valence-corrected chi connectivity index (χ2v) is 9.40. The standard InChI is InChI=1S/C16H24ClN5O5S/c1-28(25,26)21-11-4-2-10(3-5-11)19-16(24)27-12-6-7-22(9-12)13-8-18-20-15(23)14(13)17/h8,10-12,21H,2-7,9H2,1H3,(H,19,24)(H,20,23)/t10-,11-,12-/m1/s1. The molecule has 3 rings (SSSR count). The van der Waals surface area contributed by atoms with Crippen molar-refractivity contribution in [2.45, 2.75) is 50.3 Å². The second kappa shape index (κ2) is 8.66. The van der Waals surface area contributed by atoms with E-state index >= 15 is 0 Å². The molecule has 0 bridgehead atoms. The number of anilines is 1. The van der Waals surface area contributed by atoms with Crippen LogP contribution < -0.4 is 20.5 Å². The van der Waals surface area contributed by atoms with E-state index in [0.717, 1.165) is 6.26 Å². The number of amides is 1. The molecule has 1 aliphatic heterocycles. The van der Waals surface area contributed by atoms with E-state index in [1.807, 2.05) is 4.90 Å². The Hall–Kier alpha value is -1.85. The Morgan fingerprint density at radius 3 is 2.64 bits per heavy atom. The second-order valence-electron chi connectivity index (χ2n) is 7.24. The van der Waals surface area contributed by atoms with Crippen molar-refractivity contribution >= 4 is 33.4 Å². The molecule has 0 spiro atoms. The Bertz CT molecular complexity index is 868. The van der Waals surface area contributed by atoms with Gasteiger partial charge >= 0.3 is 6.09 Å². The van der Waals surface area contributed by atoms with Crippen LogP contribution in [0.15, 0.2) is 11.0 Å². The lowest BCUT2D eigenvalue weighted by Crippen LogP contribution is -2.44. The molecule has 0 unspecified atom stereocenters. The van der Waals surface area contributed by atoms with Crippen molar-refractivity contribution in [1.82, 2.24) is 20.2 Å². The number of hydrogen-bond donors (Lipinski definition) is 3. The highest BCUT2D eigenvalue weighted by Gasteiger charge is 2.29. The van der Waals surface area contributed by atoms with Gasteiger partial charge in [-0.3, -0.25) is 4.79 Å². The van der Waals surface area contributed by atoms with Crippen LogP contribution in [0.25, 0.3) is 0 Å². The molecule has 1 saturated carbocycles. The third kappa shape index (κ3) is 5.58. The van der Waals surface area contributed by atoms with E-state index in [1.165, 1.54) is 6.20 Å². The van der Waals surface area contributed by atoms with E-state index in [4.69, 9.17) is 16.3 Å². The van der Waals surface area contributed by atoms with Gasteiger partial charge in [0.25, 0.3) is 5.56 Å². The van der Waals surface area contributed by atoms with Gasteiger partial charge in [0.15, 0.2) is 0 Å². The molecule has 2 heterocycles. The summed E-state index contributed by atoms with van der Waals surface area (Å²) in [7, 11) is -3.22. The molecule has 2 fully saturated rings. The summed E-state index contributed by atoms with van der Waals surface area (Å²) in [6.45, 7) is 1.04. The molecule has 2 aliphatic rings. The van der Waals surface area contributed by atoms with Crippen LogP contribution in [0.3, 0.4) is 0 Å². The number of nitrogens with one attached hydrogen (secondary N) is 3. The quantitative estimate of drug-likeness (QED) is 0.618. The van der Waals surface area contributed by atoms with Crippen LogP contribution >= 0.6 is 11.6 Å². The summed E-state index contributed by atoms with van der Waals surface area (Å²) in [5.41, 5.74) is 0.0656. The van der Waals surface area contributed by atoms with E-state index < -0.39 is 21.7 Å². The predicted molar refractivity (Wildman–Crippen MR) is 104 cm³/mol. The molecule has 3 N–H and O–H groups in total. The van der Waals surface area contributed by atoms with Gasteiger partial charge in [-0.05, 0) is 25.7 Å². The number of alkyl carbamates (subject to hydrolysis) is 1. The van der Waals surface area contributed by atoms with Gasteiger partial charge in [0.1, 0.15) is 11.1 Å². The van der Waals surface area contributed by atoms with E-state index in [-0.39, 0.29) is 23.2 Å². The lowest BCUT2D eigenvalue weighted by Gasteiger charge is -2.29. The van der Waals surface area contributed by atoms with E-state index in [1.54, 1.807) is 0 Å². The normalized spacial score (nSPS) is 25.5. The largest absolute Gasteiger partial charge is 0.444 e. The molecule has 28 heavy (non-hydrogen) atoms. The molecule has 10 nitrogen and oxygen atoms in total. The van der Waals surface area contributed by atoms with Gasteiger partial charge in [0, 0.05) is 25.0 Å². The van der Waals surface area contributed by atoms with Crippen molar-refractivity contribution in [3.63, 3.8) is 0 Å². The fraction of sp³-hybridized carbons (Fsp3) is 0.688. The minimum absolute atomic E-state index is 0.0334. The van der Waals surface area contributed by atoms with Crippen molar-refractivity contribution in [1.29, 1.82) is 0 Å². The van der Waals surface area contributed by atoms with Crippen LogP contribution in [-0.2, 0) is 14.8 Å². The van der Waals surface area contributed by atoms with E-state index in [9.17, 15) is 18.0 Å². The molecule has 12 heteroatoms. The molecular formula is C16H24ClN5O5S. The van der Waals surface area contributed by atoms with Crippen LogP contribution in [0.1, 0.15) is 32.1 Å². The summed E-state index contributed by atoms with van der Waals surface area (Å²) in [6.07, 6.45) is 5.18. The first-order chi connectivity index (χ1) is 13.2. The average molecular weight is 434 g/mol. The van der Waals surface area contributed by atoms with Crippen LogP contribution in [0.4, 0.5) is 10.5 Å². The zero-order chi connectivity index (χ0) is 20.3. The SMILES string of the molecule is CS(=O)(=O)N[C@H]1CC[C@H](NC(=O)O[C@@H]2CCN(c3cn[nH]c(=O)c3Cl)C2)CC1. The molecule has 1 saturated heterocycles. The highest BCUT2D eigenvalue weighted by atomic mass is 35.5. The zero-order valence-corrected chi connectivity index (χ0v) is 17.1. The molecule has 1 aliphatic carbocycles. The first-order valence-electron chi connectivity index (χ1n) is 9.14. The van der Waals surface area contributed by atoms with Gasteiger partial charge in [-0.25, -0.2) is 23.0 Å². The first-order valence-corrected chi connectivity index (χ1v) is 11.4. The highest BCUT2D eigenvalue weighted by Crippen LogP contribution is 2.26. The maximum Gasteiger partial charge on any atom is 0.407 e. The number of carbonyl (C=O) groups is 1. The van der Waals surface area contributed by atoms with Crippen molar-refractivity contribution < 1.29 is 17.9 Å². The van der Waals surface area contributed by atoms with Gasteiger partial charge in [-0.1, -0.05) is 11.6 Å². The number of rotatable bonds is 5. The van der Waals surface area contributed by atoms with Gasteiger partial charge in [0.2, 0.25) is 10.0 Å². The molecule has 1 atom stereocenters. The van der Waals surface area contributed by atoms with Crippen LogP contribution in [-0.4, -0.2) is 62.2 Å². The summed E-state index contributed by atoms with van der Waals surface area (Å²) in [5.74, 6) is 0. The lowest BCUT2D eigenvalue weighted by atomic mass is 9.92. The number of halogens is 1. The van der Waals surface area contributed by atoms with Crippen molar-refractivity contribution in [2.24, 2.45) is 0 Å². The Kier molecular flexibility index (Phi) is 6.46. The zero-order valence-electron chi connectivity index (χ0n) is 15.5. The average Bonchev–Trinajstić information content (AvgIpc) is 3.06. The Morgan fingerprint density at radius 1 is 1.29 bits per heavy atom. The molecular weight excluding hydrogens is 410 g/mol. The number of hydrogen-bond acceptors (Lipinski definition) is 7. The van der Waals surface area contributed by atoms with Gasteiger partial charge in [-0.2, -0.15) is 5.10 Å². The fourth-order valence-corrected chi connectivity index (χ4v) is 4.70. The number of nitrogens with zero attached hydrogens (tertiary/aromatic N) is 2. The molecule has 1 aromatic rings. The monoisotopic (exact) mass is 433 g/mol. The highest BCUT2D eigenvalue weighted by molar-refractivity contribution is 7.88. The summed E-state index contributed by atoms with van der Waals surface area (Å²) in [6, 6.07) is -0.117. The van der Waals surface area contributed by atoms with E-state index in [2.05, 4.69) is 20.2 Å². The number of aromatic nitrogens is 2. The number of ether oxygens (including phenoxy) is 1. The number of H-pyrrole nitrogens is 1. The number of aromatic amines is 1. The molecule has 0 radical (unpaired) electrons. The molecule has 1 aromatic heterocycles. The maximum absolute atomic E-state index is 12.2. The smallest absolute Gasteiger partial charge is 0.407 e. The van der Waals surface area contributed by atoms with Gasteiger partial charge in [-0.15, -0.1) is 0 Å². The predicted octanol–water partition coefficient (Wildman–Crippen LogP) is 0.589. The van der Waals surface area contributed by atoms with Gasteiger partial charge < -0.3 is 15.0 Å². The summed E-state index contributed by atoms with van der Waals surface area (Å²) in [4.78, 5) is 25.6. The van der Waals surface area contributed by atoms with Crippen molar-refractivity contribution in [3.05, 3.63) is 21.6 Å². The van der Waals surface area contributed by atoms with Crippen LogP contribution in [0.2, 0.25) is 5.02 Å². The Balaban J connectivity index is 1.44. The lowest BCUT2D eigenvalue weighted by molar-refractivity contribution is 0.102. The molecule has 0 aromatic carbocycles. The minimum Gasteiger partial charge on any atom is -0.444 e. The van der Waals surface area contributed by atoms with Crippen LogP contribution in [0.5, 0.6) is 0 Å². The summed E-state index contributed by atoms with van der Waals surface area (Å²) < 4.78 is 30.7. The maximum atomic E-state index is 12.2. The van der Waals surface area contributed by atoms with Crippen molar-refractivity contribution in [2.75, 3.05) is 24.2 Å². The molecule has 156 valence electrons. The third-order valence-corrected chi connectivity index (χ3v) is 6.09. The fourth-order valence-electron chi connectivity index (χ4n) is 3.65. The number of carbonyl (C=O) groups excluding carboxylic acids is 1. The summed E-state index contributed by atoms with van der Waals surface area (Å²) in [5, 5.41) is 8.95. The Morgan fingerprint density at radius 2 is 1.96 bits per heavy atom. The summed E-state index contributed by atoms with van der Waals surface area (Å²) >= 11 is 6.02. The van der Waals surface area contributed by atoms with Crippen molar-refractivity contribution in [3.8, 4) is 0 Å². The minimum atomic E-state index is -3.22. The number of sulfonamides is 1. The first kappa shape index (κ1) is 20.9. The third-order valence-electron chi connectivity index (χ3n) is 4.97. The van der Waals surface area contributed by atoms with E-state index in [0.29, 0.717) is 50.9 Å². The topological polar surface area (TPSA) is 133 Å². The molecule has 1 amide bonds. The Labute approximate surface area is 168 Å².